The first-order valence-corrected chi connectivity index (χ1v) is 4.87. The molecule has 1 aromatic heterocycles. The molecule has 0 aliphatic rings. The largest absolute Gasteiger partial charge is 0.388 e. The lowest BCUT2D eigenvalue weighted by Crippen LogP contribution is -1.97. The van der Waals surface area contributed by atoms with E-state index in [2.05, 4.69) is 41.3 Å². The highest BCUT2D eigenvalue weighted by atomic mass is 14.9. The number of H-pyrrole nitrogens is 1. The Morgan fingerprint density at radius 2 is 2.14 bits per heavy atom. The molecule has 2 rings (SSSR count). The summed E-state index contributed by atoms with van der Waals surface area (Å²) in [7, 11) is 1.94. The van der Waals surface area contributed by atoms with Crippen LogP contribution < -0.4 is 5.32 Å². The lowest BCUT2D eigenvalue weighted by molar-refractivity contribution is 0.870. The van der Waals surface area contributed by atoms with E-state index < -0.39 is 0 Å². The molecule has 0 aliphatic heterocycles. The molecule has 14 heavy (non-hydrogen) atoms. The zero-order valence-electron chi connectivity index (χ0n) is 8.76. The van der Waals surface area contributed by atoms with Gasteiger partial charge in [0.05, 0.1) is 17.4 Å². The molecule has 0 radical (unpaired) electrons. The van der Waals surface area contributed by atoms with E-state index in [1.165, 1.54) is 11.3 Å². The molecule has 2 N–H and O–H groups in total. The van der Waals surface area contributed by atoms with Gasteiger partial charge in [-0.3, -0.25) is 0 Å². The van der Waals surface area contributed by atoms with Crippen LogP contribution in [-0.2, 0) is 0 Å². The number of rotatable bonds is 2. The number of fused-ring (bicyclic) bond motifs is 1. The van der Waals surface area contributed by atoms with E-state index in [0.717, 1.165) is 11.0 Å². The fourth-order valence-corrected chi connectivity index (χ4v) is 1.69. The minimum Gasteiger partial charge on any atom is -0.388 e. The zero-order chi connectivity index (χ0) is 10.1. The first-order valence-electron chi connectivity index (χ1n) is 4.87. The number of nitrogens with zero attached hydrogens (tertiary/aromatic N) is 1. The van der Waals surface area contributed by atoms with Crippen LogP contribution in [-0.4, -0.2) is 17.0 Å². The van der Waals surface area contributed by atoms with E-state index in [1.807, 2.05) is 7.05 Å². The molecule has 0 fully saturated rings. The van der Waals surface area contributed by atoms with E-state index >= 15 is 0 Å². The number of hydrogen-bond donors (Lipinski definition) is 2. The average Bonchev–Trinajstić information content (AvgIpc) is 2.62. The molecule has 0 saturated heterocycles. The Labute approximate surface area is 83.6 Å². The SMILES string of the molecule is CNc1cc2nc[nH]c2cc1C(C)C. The molecule has 1 heterocycles. The fraction of sp³-hybridized carbons (Fsp3) is 0.364. The summed E-state index contributed by atoms with van der Waals surface area (Å²) in [4.78, 5) is 7.36. The molecule has 74 valence electrons. The van der Waals surface area contributed by atoms with Crippen molar-refractivity contribution in [3.8, 4) is 0 Å². The molecule has 3 nitrogen and oxygen atoms in total. The first kappa shape index (κ1) is 9.06. The van der Waals surface area contributed by atoms with Gasteiger partial charge in [0.1, 0.15) is 0 Å². The van der Waals surface area contributed by atoms with Crippen molar-refractivity contribution in [2.24, 2.45) is 0 Å². The fourth-order valence-electron chi connectivity index (χ4n) is 1.69. The smallest absolute Gasteiger partial charge is 0.0931 e. The van der Waals surface area contributed by atoms with Gasteiger partial charge in [-0.2, -0.15) is 0 Å². The maximum absolute atomic E-state index is 4.23. The third-order valence-corrected chi connectivity index (χ3v) is 2.48. The van der Waals surface area contributed by atoms with Crippen molar-refractivity contribution in [3.05, 3.63) is 24.0 Å². The number of imidazole rings is 1. The molecule has 0 amide bonds. The third-order valence-electron chi connectivity index (χ3n) is 2.48. The summed E-state index contributed by atoms with van der Waals surface area (Å²) in [6.07, 6.45) is 1.73. The van der Waals surface area contributed by atoms with Crippen molar-refractivity contribution in [1.82, 2.24) is 9.97 Å². The minimum atomic E-state index is 0.519. The Morgan fingerprint density at radius 3 is 2.79 bits per heavy atom. The van der Waals surface area contributed by atoms with Gasteiger partial charge in [-0.25, -0.2) is 4.98 Å². The summed E-state index contributed by atoms with van der Waals surface area (Å²) in [5, 5.41) is 3.20. The van der Waals surface area contributed by atoms with Gasteiger partial charge in [-0.1, -0.05) is 13.8 Å². The summed E-state index contributed by atoms with van der Waals surface area (Å²) in [6.45, 7) is 4.39. The second kappa shape index (κ2) is 3.33. The van der Waals surface area contributed by atoms with Gasteiger partial charge in [0.2, 0.25) is 0 Å². The molecule has 0 unspecified atom stereocenters. The standard InChI is InChI=1S/C11H15N3/c1-7(2)8-4-10-11(14-6-13-10)5-9(8)12-3/h4-7,12H,1-3H3,(H,13,14). The van der Waals surface area contributed by atoms with Crippen molar-refractivity contribution in [3.63, 3.8) is 0 Å². The first-order chi connectivity index (χ1) is 6.72. The van der Waals surface area contributed by atoms with Gasteiger partial charge < -0.3 is 10.3 Å². The van der Waals surface area contributed by atoms with Gasteiger partial charge in [0, 0.05) is 12.7 Å². The Bertz CT molecular complexity index is 443. The summed E-state index contributed by atoms with van der Waals surface area (Å²) in [5.74, 6) is 0.519. The van der Waals surface area contributed by atoms with Crippen molar-refractivity contribution < 1.29 is 0 Å². The van der Waals surface area contributed by atoms with Crippen LogP contribution in [0.2, 0.25) is 0 Å². The van der Waals surface area contributed by atoms with Crippen LogP contribution in [0.15, 0.2) is 18.5 Å². The summed E-state index contributed by atoms with van der Waals surface area (Å²) >= 11 is 0. The van der Waals surface area contributed by atoms with Crippen molar-refractivity contribution in [2.75, 3.05) is 12.4 Å². The monoisotopic (exact) mass is 189 g/mol. The molecule has 1 aromatic carbocycles. The van der Waals surface area contributed by atoms with E-state index in [4.69, 9.17) is 0 Å². The maximum Gasteiger partial charge on any atom is 0.0931 e. The lowest BCUT2D eigenvalue weighted by Gasteiger charge is -2.12. The molecule has 0 atom stereocenters. The summed E-state index contributed by atoms with van der Waals surface area (Å²) < 4.78 is 0. The Balaban J connectivity index is 2.66. The quantitative estimate of drug-likeness (QED) is 0.762. The Morgan fingerprint density at radius 1 is 1.36 bits per heavy atom. The maximum atomic E-state index is 4.23. The lowest BCUT2D eigenvalue weighted by atomic mass is 10.0. The zero-order valence-corrected chi connectivity index (χ0v) is 8.76. The van der Waals surface area contributed by atoms with Crippen LogP contribution in [0.3, 0.4) is 0 Å². The van der Waals surface area contributed by atoms with Crippen molar-refractivity contribution in [2.45, 2.75) is 19.8 Å². The molecule has 0 spiro atoms. The number of aromatic amines is 1. The van der Waals surface area contributed by atoms with Crippen LogP contribution in [0, 0.1) is 0 Å². The summed E-state index contributed by atoms with van der Waals surface area (Å²) in [5.41, 5.74) is 4.61. The van der Waals surface area contributed by atoms with Crippen molar-refractivity contribution in [1.29, 1.82) is 0 Å². The topological polar surface area (TPSA) is 40.7 Å². The molecule has 2 aromatic rings. The molecular formula is C11H15N3. The van der Waals surface area contributed by atoms with Gasteiger partial charge in [0.25, 0.3) is 0 Å². The normalized spacial score (nSPS) is 11.1. The van der Waals surface area contributed by atoms with Crippen LogP contribution in [0.1, 0.15) is 25.3 Å². The molecule has 0 aliphatic carbocycles. The van der Waals surface area contributed by atoms with E-state index in [0.29, 0.717) is 5.92 Å². The number of nitrogens with one attached hydrogen (secondary N) is 2. The Hall–Kier alpha value is -1.51. The molecule has 0 saturated carbocycles. The molecular weight excluding hydrogens is 174 g/mol. The number of aromatic nitrogens is 2. The molecule has 0 bridgehead atoms. The van der Waals surface area contributed by atoms with Gasteiger partial charge in [0.15, 0.2) is 0 Å². The van der Waals surface area contributed by atoms with Gasteiger partial charge in [-0.05, 0) is 23.6 Å². The van der Waals surface area contributed by atoms with Gasteiger partial charge >= 0.3 is 0 Å². The number of hydrogen-bond acceptors (Lipinski definition) is 2. The second-order valence-electron chi connectivity index (χ2n) is 3.76. The van der Waals surface area contributed by atoms with Crippen LogP contribution in [0.25, 0.3) is 11.0 Å². The van der Waals surface area contributed by atoms with E-state index in [1.54, 1.807) is 6.33 Å². The highest BCUT2D eigenvalue weighted by Crippen LogP contribution is 2.27. The second-order valence-corrected chi connectivity index (χ2v) is 3.76. The van der Waals surface area contributed by atoms with Crippen LogP contribution in [0.4, 0.5) is 5.69 Å². The minimum absolute atomic E-state index is 0.519. The van der Waals surface area contributed by atoms with Crippen LogP contribution in [0.5, 0.6) is 0 Å². The highest BCUT2D eigenvalue weighted by molar-refractivity contribution is 5.81. The highest BCUT2D eigenvalue weighted by Gasteiger charge is 2.08. The number of benzene rings is 1. The number of anilines is 1. The third kappa shape index (κ3) is 1.35. The van der Waals surface area contributed by atoms with Crippen LogP contribution >= 0.6 is 0 Å². The van der Waals surface area contributed by atoms with Gasteiger partial charge in [-0.15, -0.1) is 0 Å². The Kier molecular flexibility index (Phi) is 2.15. The molecule has 3 heteroatoms. The van der Waals surface area contributed by atoms with Crippen molar-refractivity contribution >= 4 is 16.7 Å². The van der Waals surface area contributed by atoms with E-state index in [9.17, 15) is 0 Å². The average molecular weight is 189 g/mol. The summed E-state index contributed by atoms with van der Waals surface area (Å²) in [6, 6.07) is 4.25. The predicted molar refractivity (Wildman–Crippen MR) is 59.7 cm³/mol. The predicted octanol–water partition coefficient (Wildman–Crippen LogP) is 2.73. The van der Waals surface area contributed by atoms with E-state index in [-0.39, 0.29) is 0 Å².